The number of likely N-dealkylation sites (tertiary alicyclic amines) is 1. The van der Waals surface area contributed by atoms with E-state index in [1.807, 2.05) is 17.2 Å². The number of fused-ring (bicyclic) bond motifs is 1. The molecule has 2 aromatic rings. The number of aliphatic hydroxyl groups excluding tert-OH is 1. The van der Waals surface area contributed by atoms with Gasteiger partial charge < -0.3 is 10.0 Å². The van der Waals surface area contributed by atoms with Gasteiger partial charge in [0.05, 0.1) is 23.7 Å². The average Bonchev–Trinajstić information content (AvgIpc) is 3.24. The van der Waals surface area contributed by atoms with Crippen LogP contribution in [-0.4, -0.2) is 45.4 Å². The number of piperidine rings is 1. The number of rotatable bonds is 4. The molecule has 6 heteroatoms. The highest BCUT2D eigenvalue weighted by Crippen LogP contribution is 2.32. The van der Waals surface area contributed by atoms with Gasteiger partial charge in [0.15, 0.2) is 0 Å². The Labute approximate surface area is 158 Å². The third-order valence-electron chi connectivity index (χ3n) is 5.57. The first-order chi connectivity index (χ1) is 12.7. The summed E-state index contributed by atoms with van der Waals surface area (Å²) >= 11 is 1.72. The number of aliphatic hydroxyl groups is 1. The van der Waals surface area contributed by atoms with Crippen LogP contribution in [0.25, 0.3) is 0 Å². The van der Waals surface area contributed by atoms with Crippen LogP contribution in [0, 0.1) is 0 Å². The second-order valence-electron chi connectivity index (χ2n) is 7.44. The number of aryl methyl sites for hydroxylation is 2. The lowest BCUT2D eigenvalue weighted by Gasteiger charge is -2.31. The summed E-state index contributed by atoms with van der Waals surface area (Å²) < 4.78 is 1.78. The molecule has 1 fully saturated rings. The highest BCUT2D eigenvalue weighted by Gasteiger charge is 2.28. The predicted octanol–water partition coefficient (Wildman–Crippen LogP) is 3.23. The topological polar surface area (TPSA) is 58.4 Å². The van der Waals surface area contributed by atoms with Crippen LogP contribution in [0.3, 0.4) is 0 Å². The SMILES string of the molecule is O=C(c1cc2c(s1)CCCCC2)N1CCC[C@H](c2ccn(CCO)n2)C1. The summed E-state index contributed by atoms with van der Waals surface area (Å²) in [7, 11) is 0. The van der Waals surface area contributed by atoms with Gasteiger partial charge in [0, 0.05) is 30.1 Å². The van der Waals surface area contributed by atoms with Gasteiger partial charge in [-0.3, -0.25) is 9.48 Å². The molecule has 26 heavy (non-hydrogen) atoms. The van der Waals surface area contributed by atoms with Gasteiger partial charge in [-0.2, -0.15) is 5.10 Å². The van der Waals surface area contributed by atoms with Crippen LogP contribution in [0.5, 0.6) is 0 Å². The Kier molecular flexibility index (Phi) is 5.41. The summed E-state index contributed by atoms with van der Waals surface area (Å²) in [6.07, 6.45) is 10.1. The van der Waals surface area contributed by atoms with Crippen LogP contribution in [-0.2, 0) is 19.4 Å². The quantitative estimate of drug-likeness (QED) is 0.837. The number of hydrogen-bond acceptors (Lipinski definition) is 4. The number of hydrogen-bond donors (Lipinski definition) is 1. The fourth-order valence-electron chi connectivity index (χ4n) is 4.15. The molecule has 0 saturated carbocycles. The number of amides is 1. The van der Waals surface area contributed by atoms with Crippen molar-refractivity contribution in [2.45, 2.75) is 57.4 Å². The Morgan fingerprint density at radius 2 is 2.15 bits per heavy atom. The van der Waals surface area contributed by atoms with E-state index in [9.17, 15) is 4.79 Å². The fourth-order valence-corrected chi connectivity index (χ4v) is 5.38. The van der Waals surface area contributed by atoms with Crippen LogP contribution < -0.4 is 0 Å². The van der Waals surface area contributed by atoms with Gasteiger partial charge in [-0.25, -0.2) is 0 Å². The maximum atomic E-state index is 13.1. The van der Waals surface area contributed by atoms with Gasteiger partial charge in [0.25, 0.3) is 5.91 Å². The van der Waals surface area contributed by atoms with Gasteiger partial charge >= 0.3 is 0 Å². The van der Waals surface area contributed by atoms with Crippen LogP contribution in [0.1, 0.15) is 63.8 Å². The molecule has 1 saturated heterocycles. The Morgan fingerprint density at radius 3 is 3.04 bits per heavy atom. The molecular formula is C20H27N3O2S. The van der Waals surface area contributed by atoms with Gasteiger partial charge in [0.1, 0.15) is 0 Å². The number of carbonyl (C=O) groups is 1. The molecule has 1 amide bonds. The van der Waals surface area contributed by atoms with E-state index in [1.165, 1.54) is 29.7 Å². The Hall–Kier alpha value is -1.66. The lowest BCUT2D eigenvalue weighted by Crippen LogP contribution is -2.39. The molecule has 1 aliphatic heterocycles. The lowest BCUT2D eigenvalue weighted by atomic mass is 9.95. The molecule has 2 aliphatic rings. The average molecular weight is 374 g/mol. The van der Waals surface area contributed by atoms with Gasteiger partial charge in [-0.15, -0.1) is 11.3 Å². The van der Waals surface area contributed by atoms with Crippen LogP contribution in [0.15, 0.2) is 18.3 Å². The van der Waals surface area contributed by atoms with Crippen LogP contribution in [0.4, 0.5) is 0 Å². The molecule has 1 atom stereocenters. The summed E-state index contributed by atoms with van der Waals surface area (Å²) in [5, 5.41) is 13.6. The van der Waals surface area contributed by atoms with Gasteiger partial charge in [-0.05, 0) is 56.2 Å². The molecule has 0 aromatic carbocycles. The molecule has 5 nitrogen and oxygen atoms in total. The fraction of sp³-hybridized carbons (Fsp3) is 0.600. The molecule has 0 radical (unpaired) electrons. The third kappa shape index (κ3) is 3.71. The highest BCUT2D eigenvalue weighted by molar-refractivity contribution is 7.14. The summed E-state index contributed by atoms with van der Waals surface area (Å²) in [6, 6.07) is 4.19. The highest BCUT2D eigenvalue weighted by atomic mass is 32.1. The van der Waals surface area contributed by atoms with Crippen molar-refractivity contribution >= 4 is 17.2 Å². The van der Waals surface area contributed by atoms with E-state index in [0.29, 0.717) is 12.5 Å². The van der Waals surface area contributed by atoms with E-state index in [4.69, 9.17) is 5.11 Å². The Bertz CT molecular complexity index is 743. The standard InChI is InChI=1S/C20H27N3O2S/c24-12-11-23-10-8-17(21-23)16-6-4-9-22(14-16)20(25)19-13-15-5-2-1-3-7-18(15)26-19/h8,10,13,16,24H,1-7,9,11-12,14H2/t16-/m0/s1. The van der Waals surface area contributed by atoms with Crippen molar-refractivity contribution in [2.75, 3.05) is 19.7 Å². The van der Waals surface area contributed by atoms with Crippen molar-refractivity contribution in [3.05, 3.63) is 39.3 Å². The van der Waals surface area contributed by atoms with Crippen molar-refractivity contribution in [1.29, 1.82) is 0 Å². The van der Waals surface area contributed by atoms with E-state index in [0.717, 1.165) is 49.3 Å². The van der Waals surface area contributed by atoms with Crippen molar-refractivity contribution in [3.63, 3.8) is 0 Å². The largest absolute Gasteiger partial charge is 0.394 e. The Balaban J connectivity index is 1.46. The lowest BCUT2D eigenvalue weighted by molar-refractivity contribution is 0.0710. The molecule has 0 spiro atoms. The zero-order valence-corrected chi connectivity index (χ0v) is 16.0. The number of carbonyl (C=O) groups excluding carboxylic acids is 1. The summed E-state index contributed by atoms with van der Waals surface area (Å²) in [5.74, 6) is 0.494. The van der Waals surface area contributed by atoms with Gasteiger partial charge in [-0.1, -0.05) is 6.42 Å². The second kappa shape index (κ2) is 7.92. The van der Waals surface area contributed by atoms with Crippen molar-refractivity contribution in [1.82, 2.24) is 14.7 Å². The van der Waals surface area contributed by atoms with Crippen molar-refractivity contribution in [3.8, 4) is 0 Å². The van der Waals surface area contributed by atoms with Crippen LogP contribution >= 0.6 is 11.3 Å². The minimum Gasteiger partial charge on any atom is -0.394 e. The first kappa shape index (κ1) is 17.7. The maximum Gasteiger partial charge on any atom is 0.263 e. The molecule has 140 valence electrons. The minimum atomic E-state index is 0.0967. The molecule has 4 rings (SSSR count). The van der Waals surface area contributed by atoms with Gasteiger partial charge in [0.2, 0.25) is 0 Å². The second-order valence-corrected chi connectivity index (χ2v) is 8.57. The number of nitrogens with zero attached hydrogens (tertiary/aromatic N) is 3. The first-order valence-corrected chi connectivity index (χ1v) is 10.6. The monoisotopic (exact) mass is 373 g/mol. The number of thiophene rings is 1. The predicted molar refractivity (Wildman–Crippen MR) is 103 cm³/mol. The zero-order valence-electron chi connectivity index (χ0n) is 15.2. The molecule has 2 aromatic heterocycles. The number of aromatic nitrogens is 2. The van der Waals surface area contributed by atoms with E-state index < -0.39 is 0 Å². The van der Waals surface area contributed by atoms with E-state index in [2.05, 4.69) is 11.2 Å². The molecule has 1 aliphatic carbocycles. The summed E-state index contributed by atoms with van der Waals surface area (Å²) in [6.45, 7) is 2.21. The first-order valence-electron chi connectivity index (χ1n) is 9.79. The summed E-state index contributed by atoms with van der Waals surface area (Å²) in [4.78, 5) is 17.4. The van der Waals surface area contributed by atoms with Crippen molar-refractivity contribution in [2.24, 2.45) is 0 Å². The van der Waals surface area contributed by atoms with Crippen molar-refractivity contribution < 1.29 is 9.90 Å². The smallest absolute Gasteiger partial charge is 0.263 e. The molecule has 0 bridgehead atoms. The molecule has 3 heterocycles. The third-order valence-corrected chi connectivity index (χ3v) is 6.80. The molecular weight excluding hydrogens is 346 g/mol. The van der Waals surface area contributed by atoms with E-state index >= 15 is 0 Å². The van der Waals surface area contributed by atoms with Crippen LogP contribution in [0.2, 0.25) is 0 Å². The summed E-state index contributed by atoms with van der Waals surface area (Å²) in [5.41, 5.74) is 2.45. The maximum absolute atomic E-state index is 13.1. The minimum absolute atomic E-state index is 0.0967. The van der Waals surface area contributed by atoms with E-state index in [-0.39, 0.29) is 12.5 Å². The normalized spacial score (nSPS) is 20.7. The Morgan fingerprint density at radius 1 is 1.27 bits per heavy atom. The zero-order chi connectivity index (χ0) is 17.9. The molecule has 1 N–H and O–H groups in total. The molecule has 0 unspecified atom stereocenters. The van der Waals surface area contributed by atoms with E-state index in [1.54, 1.807) is 16.0 Å².